The predicted octanol–water partition coefficient (Wildman–Crippen LogP) is 3.40. The van der Waals surface area contributed by atoms with E-state index in [4.69, 9.17) is 11.6 Å². The first-order valence-electron chi connectivity index (χ1n) is 9.26. The predicted molar refractivity (Wildman–Crippen MR) is 113 cm³/mol. The molecule has 0 saturated carbocycles. The van der Waals surface area contributed by atoms with Crippen LogP contribution in [0.3, 0.4) is 0 Å². The summed E-state index contributed by atoms with van der Waals surface area (Å²) in [6.45, 7) is 0.737. The fourth-order valence-electron chi connectivity index (χ4n) is 3.12. The van der Waals surface area contributed by atoms with Gasteiger partial charge in [-0.25, -0.2) is 4.98 Å². The molecular formula is C22H19ClN4O2. The number of H-pyrrole nitrogens is 1. The number of hydrogen-bond acceptors (Lipinski definition) is 3. The van der Waals surface area contributed by atoms with Crippen molar-refractivity contribution in [2.75, 3.05) is 6.54 Å². The Kier molecular flexibility index (Phi) is 5.44. The molecule has 29 heavy (non-hydrogen) atoms. The summed E-state index contributed by atoms with van der Waals surface area (Å²) in [6.07, 6.45) is 2.14. The van der Waals surface area contributed by atoms with Crippen LogP contribution in [0.5, 0.6) is 0 Å². The van der Waals surface area contributed by atoms with E-state index in [2.05, 4.69) is 15.3 Å². The van der Waals surface area contributed by atoms with E-state index in [9.17, 15) is 9.59 Å². The van der Waals surface area contributed by atoms with Gasteiger partial charge in [0.15, 0.2) is 0 Å². The number of aromatic nitrogens is 3. The first kappa shape index (κ1) is 19.0. The molecule has 0 unspecified atom stereocenters. The van der Waals surface area contributed by atoms with E-state index in [-0.39, 0.29) is 11.5 Å². The minimum atomic E-state index is -0.242. The smallest absolute Gasteiger partial charge is 0.252 e. The van der Waals surface area contributed by atoms with Crippen LogP contribution in [0.4, 0.5) is 0 Å². The van der Waals surface area contributed by atoms with Crippen LogP contribution < -0.4 is 10.9 Å². The molecule has 146 valence electrons. The third-order valence-electron chi connectivity index (χ3n) is 4.63. The molecule has 0 radical (unpaired) electrons. The van der Waals surface area contributed by atoms with Crippen LogP contribution in [0.2, 0.25) is 5.02 Å². The fourth-order valence-corrected chi connectivity index (χ4v) is 3.32. The second kappa shape index (κ2) is 8.32. The first-order chi connectivity index (χ1) is 14.1. The van der Waals surface area contributed by atoms with Gasteiger partial charge in [-0.1, -0.05) is 41.9 Å². The standard InChI is InChI=1S/C22H19ClN4O2/c23-17-6-2-1-5-15(17)13-27-14-16(9-10-21(27)28)22(29)24-12-11-20-25-18-7-3-4-8-19(18)26-20/h1-10,14H,11-13H2,(H,24,29)(H,25,26). The Balaban J connectivity index is 1.42. The van der Waals surface area contributed by atoms with Gasteiger partial charge in [-0.05, 0) is 29.8 Å². The molecule has 7 heteroatoms. The molecule has 2 N–H and O–H groups in total. The number of halogens is 1. The number of rotatable bonds is 6. The molecule has 0 saturated heterocycles. The third kappa shape index (κ3) is 4.38. The second-order valence-corrected chi connectivity index (χ2v) is 7.09. The zero-order valence-corrected chi connectivity index (χ0v) is 16.3. The number of amides is 1. The maximum atomic E-state index is 12.5. The van der Waals surface area contributed by atoms with E-state index in [1.54, 1.807) is 12.3 Å². The number of hydrogen-bond donors (Lipinski definition) is 2. The molecule has 0 aliphatic carbocycles. The van der Waals surface area contributed by atoms with Crippen molar-refractivity contribution < 1.29 is 4.79 Å². The molecule has 4 aromatic rings. The van der Waals surface area contributed by atoms with Crippen LogP contribution >= 0.6 is 11.6 Å². The first-order valence-corrected chi connectivity index (χ1v) is 9.64. The highest BCUT2D eigenvalue weighted by Gasteiger charge is 2.09. The largest absolute Gasteiger partial charge is 0.352 e. The van der Waals surface area contributed by atoms with E-state index < -0.39 is 0 Å². The summed E-state index contributed by atoms with van der Waals surface area (Å²) in [5.74, 6) is 0.573. The molecule has 2 aromatic heterocycles. The Bertz CT molecular complexity index is 1200. The summed E-state index contributed by atoms with van der Waals surface area (Å²) in [6, 6.07) is 18.0. The zero-order chi connectivity index (χ0) is 20.2. The molecule has 2 aromatic carbocycles. The van der Waals surface area contributed by atoms with E-state index in [0.717, 1.165) is 22.4 Å². The molecule has 0 atom stereocenters. The Hall–Kier alpha value is -3.38. The summed E-state index contributed by atoms with van der Waals surface area (Å²) >= 11 is 6.18. The van der Waals surface area contributed by atoms with Gasteiger partial charge in [0.25, 0.3) is 11.5 Å². The van der Waals surface area contributed by atoms with Gasteiger partial charge in [0.05, 0.1) is 23.1 Å². The molecule has 1 amide bonds. The van der Waals surface area contributed by atoms with Crippen molar-refractivity contribution in [3.8, 4) is 0 Å². The van der Waals surface area contributed by atoms with Gasteiger partial charge in [-0.2, -0.15) is 0 Å². The van der Waals surface area contributed by atoms with Crippen molar-refractivity contribution >= 4 is 28.5 Å². The summed E-state index contributed by atoms with van der Waals surface area (Å²) in [7, 11) is 0. The van der Waals surface area contributed by atoms with Crippen LogP contribution in [0.25, 0.3) is 11.0 Å². The average molecular weight is 407 g/mol. The van der Waals surface area contributed by atoms with Crippen LogP contribution in [-0.4, -0.2) is 27.0 Å². The monoisotopic (exact) mass is 406 g/mol. The second-order valence-electron chi connectivity index (χ2n) is 6.68. The molecule has 6 nitrogen and oxygen atoms in total. The van der Waals surface area contributed by atoms with Gasteiger partial charge in [0.2, 0.25) is 0 Å². The van der Waals surface area contributed by atoms with Crippen molar-refractivity contribution in [2.24, 2.45) is 0 Å². The van der Waals surface area contributed by atoms with Crippen molar-refractivity contribution in [3.05, 3.63) is 99.2 Å². The Labute approximate surface area is 172 Å². The maximum absolute atomic E-state index is 12.5. The van der Waals surface area contributed by atoms with E-state index in [0.29, 0.717) is 30.1 Å². The Morgan fingerprint density at radius 1 is 1.07 bits per heavy atom. The molecule has 0 aliphatic heterocycles. The molecule has 0 fully saturated rings. The quantitative estimate of drug-likeness (QED) is 0.515. The van der Waals surface area contributed by atoms with Gasteiger partial charge in [0, 0.05) is 30.3 Å². The molecule has 2 heterocycles. The fraction of sp³-hybridized carbons (Fsp3) is 0.136. The molecule has 0 spiro atoms. The number of fused-ring (bicyclic) bond motifs is 1. The van der Waals surface area contributed by atoms with Crippen molar-refractivity contribution in [1.29, 1.82) is 0 Å². The number of pyridine rings is 1. The normalized spacial score (nSPS) is 10.9. The highest BCUT2D eigenvalue weighted by molar-refractivity contribution is 6.31. The van der Waals surface area contributed by atoms with Crippen LogP contribution in [0, 0.1) is 0 Å². The zero-order valence-electron chi connectivity index (χ0n) is 15.6. The highest BCUT2D eigenvalue weighted by atomic mass is 35.5. The number of benzene rings is 2. The van der Waals surface area contributed by atoms with E-state index >= 15 is 0 Å². The summed E-state index contributed by atoms with van der Waals surface area (Å²) in [5.41, 5.74) is 2.92. The lowest BCUT2D eigenvalue weighted by Crippen LogP contribution is -2.28. The topological polar surface area (TPSA) is 79.8 Å². The number of para-hydroxylation sites is 2. The number of carbonyl (C=O) groups is 1. The lowest BCUT2D eigenvalue weighted by molar-refractivity contribution is 0.0953. The van der Waals surface area contributed by atoms with Gasteiger partial charge in [-0.15, -0.1) is 0 Å². The number of imidazole rings is 1. The van der Waals surface area contributed by atoms with Crippen molar-refractivity contribution in [3.63, 3.8) is 0 Å². The lowest BCUT2D eigenvalue weighted by atomic mass is 10.2. The van der Waals surface area contributed by atoms with Gasteiger partial charge in [0.1, 0.15) is 5.82 Å². The third-order valence-corrected chi connectivity index (χ3v) is 5.00. The minimum Gasteiger partial charge on any atom is -0.352 e. The molecule has 4 rings (SSSR count). The summed E-state index contributed by atoms with van der Waals surface area (Å²) in [4.78, 5) is 32.4. The molecular weight excluding hydrogens is 388 g/mol. The minimum absolute atomic E-state index is 0.191. The van der Waals surface area contributed by atoms with Gasteiger partial charge < -0.3 is 14.9 Å². The van der Waals surface area contributed by atoms with Crippen LogP contribution in [-0.2, 0) is 13.0 Å². The Morgan fingerprint density at radius 2 is 1.86 bits per heavy atom. The van der Waals surface area contributed by atoms with Crippen molar-refractivity contribution in [2.45, 2.75) is 13.0 Å². The van der Waals surface area contributed by atoms with Crippen LogP contribution in [0.1, 0.15) is 21.7 Å². The van der Waals surface area contributed by atoms with E-state index in [1.165, 1.54) is 16.7 Å². The van der Waals surface area contributed by atoms with Gasteiger partial charge >= 0.3 is 0 Å². The maximum Gasteiger partial charge on any atom is 0.252 e. The van der Waals surface area contributed by atoms with Crippen LogP contribution in [0.15, 0.2) is 71.7 Å². The number of aromatic amines is 1. The lowest BCUT2D eigenvalue weighted by Gasteiger charge is -2.10. The SMILES string of the molecule is O=C(NCCc1nc2ccccc2[nH]1)c1ccc(=O)n(Cc2ccccc2Cl)c1. The highest BCUT2D eigenvalue weighted by Crippen LogP contribution is 2.15. The number of nitrogens with one attached hydrogen (secondary N) is 2. The number of nitrogens with zero attached hydrogens (tertiary/aromatic N) is 2. The van der Waals surface area contributed by atoms with Gasteiger partial charge in [-0.3, -0.25) is 9.59 Å². The molecule has 0 bridgehead atoms. The van der Waals surface area contributed by atoms with Crippen molar-refractivity contribution in [1.82, 2.24) is 19.9 Å². The van der Waals surface area contributed by atoms with E-state index in [1.807, 2.05) is 42.5 Å². The average Bonchev–Trinajstić information content (AvgIpc) is 3.14. The molecule has 0 aliphatic rings. The Morgan fingerprint density at radius 3 is 2.69 bits per heavy atom. The summed E-state index contributed by atoms with van der Waals surface area (Å²) < 4.78 is 1.48. The summed E-state index contributed by atoms with van der Waals surface area (Å²) in [5, 5.41) is 3.46. The number of carbonyl (C=O) groups excluding carboxylic acids is 1.